The summed E-state index contributed by atoms with van der Waals surface area (Å²) >= 11 is 0. The summed E-state index contributed by atoms with van der Waals surface area (Å²) in [6.07, 6.45) is 6.45. The number of nitrogens with zero attached hydrogens (tertiary/aromatic N) is 5. The van der Waals surface area contributed by atoms with Gasteiger partial charge in [-0.1, -0.05) is 0 Å². The number of amides is 2. The van der Waals surface area contributed by atoms with Gasteiger partial charge in [-0.25, -0.2) is 14.8 Å². The summed E-state index contributed by atoms with van der Waals surface area (Å²) in [6, 6.07) is 6.16. The van der Waals surface area contributed by atoms with Crippen LogP contribution in [0.15, 0.2) is 30.7 Å². The Morgan fingerprint density at radius 3 is 2.93 bits per heavy atom. The largest absolute Gasteiger partial charge is 0.489 e. The van der Waals surface area contributed by atoms with E-state index in [4.69, 9.17) is 24.1 Å². The Bertz CT molecular complexity index is 1490. The third kappa shape index (κ3) is 6.56. The fourth-order valence-corrected chi connectivity index (χ4v) is 5.06. The third-order valence-corrected chi connectivity index (χ3v) is 6.95. The number of carbonyl (C=O) groups excluding carboxylic acids is 2. The number of carboxylic acid groups (broad SMARTS) is 1. The lowest BCUT2D eigenvalue weighted by Gasteiger charge is -2.18. The van der Waals surface area contributed by atoms with Crippen LogP contribution in [0.5, 0.6) is 11.6 Å². The van der Waals surface area contributed by atoms with E-state index >= 15 is 0 Å². The zero-order valence-corrected chi connectivity index (χ0v) is 22.4. The maximum Gasteiger partial charge on any atom is 0.415 e. The standard InChI is InChI=1S/C26H26N8O5.CH2O2/c27-7-18-6-20(37-13-16-9-30-31-10-16)5-17-3-15(4-21(17)18)8-28-2-1-19-12-34(26(36)39-19)22-11-29-25-24(32-22)33-23(35)14-38-25;2-1-3/h5-6,9-11,15,19,28H,1-4,8,12-14H2,(H,30,31)(H,32,33,35);1H,(H,2,3). The number of fused-ring (bicyclic) bond motifs is 2. The molecule has 15 nitrogen and oxygen atoms in total. The number of anilines is 2. The van der Waals surface area contributed by atoms with Crippen molar-refractivity contribution in [3.63, 3.8) is 0 Å². The third-order valence-electron chi connectivity index (χ3n) is 6.95. The highest BCUT2D eigenvalue weighted by Crippen LogP contribution is 2.33. The number of ether oxygens (including phenoxy) is 3. The molecule has 42 heavy (non-hydrogen) atoms. The normalized spacial score (nSPS) is 18.4. The number of rotatable bonds is 9. The van der Waals surface area contributed by atoms with Crippen molar-refractivity contribution in [2.45, 2.75) is 32.0 Å². The molecule has 0 saturated carbocycles. The van der Waals surface area contributed by atoms with Gasteiger partial charge in [0.2, 0.25) is 0 Å². The molecule has 2 unspecified atom stereocenters. The SMILES string of the molecule is N#Cc1cc(OCc2cn[nH]c2)cc2c1CC(CNCCC1CN(c3cnc4c(n3)NC(=O)CO4)C(=O)O1)C2.O=CO. The minimum atomic E-state index is -0.502. The molecule has 2 atom stereocenters. The van der Waals surface area contributed by atoms with E-state index in [9.17, 15) is 14.9 Å². The molecular weight excluding hydrogens is 548 g/mol. The first-order chi connectivity index (χ1) is 20.5. The Morgan fingerprint density at radius 1 is 1.29 bits per heavy atom. The monoisotopic (exact) mass is 576 g/mol. The Balaban J connectivity index is 0.00000113. The van der Waals surface area contributed by atoms with Gasteiger partial charge in [0.15, 0.2) is 18.2 Å². The molecule has 0 radical (unpaired) electrons. The Labute approximate surface area is 239 Å². The predicted molar refractivity (Wildman–Crippen MR) is 145 cm³/mol. The van der Waals surface area contributed by atoms with Gasteiger partial charge in [-0.15, -0.1) is 0 Å². The zero-order valence-electron chi connectivity index (χ0n) is 22.4. The maximum atomic E-state index is 12.4. The van der Waals surface area contributed by atoms with E-state index in [1.807, 2.05) is 12.1 Å². The summed E-state index contributed by atoms with van der Waals surface area (Å²) in [5, 5.41) is 29.3. The van der Waals surface area contributed by atoms with Crippen molar-refractivity contribution in [3.8, 4) is 17.7 Å². The van der Waals surface area contributed by atoms with Crippen molar-refractivity contribution in [2.24, 2.45) is 5.92 Å². The van der Waals surface area contributed by atoms with E-state index < -0.39 is 6.09 Å². The molecule has 1 aliphatic carbocycles. The Hall–Kier alpha value is -5.23. The molecule has 4 N–H and O–H groups in total. The van der Waals surface area contributed by atoms with Gasteiger partial charge in [-0.3, -0.25) is 19.6 Å². The first-order valence-corrected chi connectivity index (χ1v) is 13.2. The lowest BCUT2D eigenvalue weighted by Crippen LogP contribution is -2.30. The van der Waals surface area contributed by atoms with Crippen LogP contribution < -0.4 is 25.0 Å². The van der Waals surface area contributed by atoms with Crippen LogP contribution in [0.4, 0.5) is 16.4 Å². The van der Waals surface area contributed by atoms with Gasteiger partial charge in [-0.05, 0) is 61.5 Å². The Morgan fingerprint density at radius 2 is 2.14 bits per heavy atom. The minimum Gasteiger partial charge on any atom is -0.489 e. The molecule has 1 fully saturated rings. The molecule has 0 spiro atoms. The van der Waals surface area contributed by atoms with Crippen molar-refractivity contribution in [2.75, 3.05) is 36.5 Å². The quantitative estimate of drug-likeness (QED) is 0.211. The van der Waals surface area contributed by atoms with Crippen molar-refractivity contribution in [1.82, 2.24) is 25.5 Å². The van der Waals surface area contributed by atoms with Gasteiger partial charge in [0.25, 0.3) is 18.3 Å². The second-order valence-corrected chi connectivity index (χ2v) is 9.82. The number of H-pyrrole nitrogens is 1. The number of nitrogens with one attached hydrogen (secondary N) is 3. The van der Waals surface area contributed by atoms with Crippen LogP contribution >= 0.6 is 0 Å². The van der Waals surface area contributed by atoms with E-state index in [2.05, 4.69) is 36.9 Å². The van der Waals surface area contributed by atoms with E-state index in [-0.39, 0.29) is 36.8 Å². The van der Waals surface area contributed by atoms with E-state index in [0.717, 1.165) is 36.1 Å². The number of cyclic esters (lactones) is 1. The van der Waals surface area contributed by atoms with Gasteiger partial charge in [-0.2, -0.15) is 10.4 Å². The lowest BCUT2D eigenvalue weighted by atomic mass is 10.0. The number of nitriles is 1. The first kappa shape index (κ1) is 28.3. The second kappa shape index (κ2) is 13.0. The van der Waals surface area contributed by atoms with E-state index in [1.165, 1.54) is 11.1 Å². The van der Waals surface area contributed by atoms with E-state index in [0.29, 0.717) is 49.2 Å². The minimum absolute atomic E-state index is 0.115. The number of hydrogen-bond acceptors (Lipinski definition) is 11. The highest BCUT2D eigenvalue weighted by Gasteiger charge is 2.34. The van der Waals surface area contributed by atoms with Crippen LogP contribution in [0, 0.1) is 17.2 Å². The molecule has 2 aromatic heterocycles. The smallest absolute Gasteiger partial charge is 0.415 e. The highest BCUT2D eigenvalue weighted by atomic mass is 16.6. The average molecular weight is 577 g/mol. The number of aromatic amines is 1. The molecule has 218 valence electrons. The van der Waals surface area contributed by atoms with E-state index in [1.54, 1.807) is 12.4 Å². The molecule has 0 bridgehead atoms. The molecule has 3 aromatic rings. The lowest BCUT2D eigenvalue weighted by molar-refractivity contribution is -0.123. The molecule has 1 saturated heterocycles. The summed E-state index contributed by atoms with van der Waals surface area (Å²) in [5.41, 5.74) is 3.83. The summed E-state index contributed by atoms with van der Waals surface area (Å²) < 4.78 is 16.6. The molecule has 6 rings (SSSR count). The molecule has 3 aliphatic rings. The second-order valence-electron chi connectivity index (χ2n) is 9.82. The molecule has 4 heterocycles. The van der Waals surface area contributed by atoms with Crippen molar-refractivity contribution in [3.05, 3.63) is 53.0 Å². The fraction of sp³-hybridized carbons (Fsp3) is 0.370. The predicted octanol–water partition coefficient (Wildman–Crippen LogP) is 1.40. The van der Waals surface area contributed by atoms with Crippen molar-refractivity contribution >= 4 is 30.1 Å². The van der Waals surface area contributed by atoms with Crippen LogP contribution in [0.3, 0.4) is 0 Å². The van der Waals surface area contributed by atoms with Gasteiger partial charge >= 0.3 is 6.09 Å². The molecular formula is C27H28N8O7. The Kier molecular flexibility index (Phi) is 8.73. The van der Waals surface area contributed by atoms with Gasteiger partial charge in [0, 0.05) is 11.8 Å². The fourth-order valence-electron chi connectivity index (χ4n) is 5.06. The van der Waals surface area contributed by atoms with Crippen molar-refractivity contribution < 1.29 is 33.7 Å². The van der Waals surface area contributed by atoms with Crippen LogP contribution in [-0.2, 0) is 33.8 Å². The number of benzene rings is 1. The number of aromatic nitrogens is 4. The molecule has 15 heteroatoms. The van der Waals surface area contributed by atoms with Crippen LogP contribution in [0.2, 0.25) is 0 Å². The van der Waals surface area contributed by atoms with Gasteiger partial charge < -0.3 is 30.0 Å². The molecule has 2 amide bonds. The van der Waals surface area contributed by atoms with Crippen LogP contribution in [-0.4, -0.2) is 76.1 Å². The van der Waals surface area contributed by atoms with Crippen molar-refractivity contribution in [1.29, 1.82) is 5.26 Å². The summed E-state index contributed by atoms with van der Waals surface area (Å²) in [4.78, 5) is 42.2. The maximum absolute atomic E-state index is 12.4. The summed E-state index contributed by atoms with van der Waals surface area (Å²) in [7, 11) is 0. The highest BCUT2D eigenvalue weighted by molar-refractivity contribution is 5.94. The average Bonchev–Trinajstić information content (AvgIpc) is 3.74. The van der Waals surface area contributed by atoms with Gasteiger partial charge in [0.1, 0.15) is 18.5 Å². The summed E-state index contributed by atoms with van der Waals surface area (Å²) in [6.45, 7) is 1.81. The van der Waals surface area contributed by atoms with Gasteiger partial charge in [0.05, 0.1) is 30.6 Å². The number of carbonyl (C=O) groups is 3. The molecule has 2 aliphatic heterocycles. The number of hydrogen-bond donors (Lipinski definition) is 4. The zero-order chi connectivity index (χ0) is 29.5. The topological polar surface area (TPSA) is 205 Å². The van der Waals surface area contributed by atoms with Crippen LogP contribution in [0.1, 0.15) is 28.7 Å². The first-order valence-electron chi connectivity index (χ1n) is 13.2. The molecule has 1 aromatic carbocycles. The van der Waals surface area contributed by atoms with Crippen LogP contribution in [0.25, 0.3) is 0 Å². The summed E-state index contributed by atoms with van der Waals surface area (Å²) in [5.74, 6) is 1.43.